The van der Waals surface area contributed by atoms with Gasteiger partial charge in [-0.15, -0.1) is 0 Å². The Morgan fingerprint density at radius 3 is 2.62 bits per heavy atom. The monoisotopic (exact) mass is 289 g/mol. The maximum Gasteiger partial charge on any atom is 0.165 e. The molecule has 2 aromatic carbocycles. The van der Waals surface area contributed by atoms with E-state index in [4.69, 9.17) is 9.47 Å². The minimum Gasteiger partial charge on any atom is -0.496 e. The Kier molecular flexibility index (Phi) is 5.58. The summed E-state index contributed by atoms with van der Waals surface area (Å²) >= 11 is 0. The molecule has 0 amide bonds. The van der Waals surface area contributed by atoms with Crippen LogP contribution in [0.3, 0.4) is 0 Å². The molecule has 0 aliphatic carbocycles. The summed E-state index contributed by atoms with van der Waals surface area (Å²) in [7, 11) is 1.62. The van der Waals surface area contributed by atoms with Crippen LogP contribution in [0.15, 0.2) is 42.5 Å². The molecule has 4 heteroatoms. The van der Waals surface area contributed by atoms with Crippen LogP contribution >= 0.6 is 0 Å². The van der Waals surface area contributed by atoms with Gasteiger partial charge in [0.1, 0.15) is 12.4 Å². The van der Waals surface area contributed by atoms with Gasteiger partial charge in [-0.25, -0.2) is 4.39 Å². The third kappa shape index (κ3) is 4.20. The summed E-state index contributed by atoms with van der Waals surface area (Å²) in [6.07, 6.45) is 0. The van der Waals surface area contributed by atoms with Gasteiger partial charge < -0.3 is 14.8 Å². The molecule has 0 radical (unpaired) electrons. The third-order valence-electron chi connectivity index (χ3n) is 3.14. The van der Waals surface area contributed by atoms with Crippen molar-refractivity contribution < 1.29 is 13.9 Å². The highest BCUT2D eigenvalue weighted by Gasteiger charge is 2.07. The molecule has 0 spiro atoms. The van der Waals surface area contributed by atoms with Crippen molar-refractivity contribution in [2.45, 2.75) is 20.1 Å². The summed E-state index contributed by atoms with van der Waals surface area (Å²) in [4.78, 5) is 0. The Hall–Kier alpha value is -2.07. The Morgan fingerprint density at radius 1 is 1.10 bits per heavy atom. The fourth-order valence-corrected chi connectivity index (χ4v) is 2.04. The molecule has 112 valence electrons. The molecule has 0 atom stereocenters. The minimum atomic E-state index is -0.361. The van der Waals surface area contributed by atoms with Crippen molar-refractivity contribution in [2.24, 2.45) is 0 Å². The smallest absolute Gasteiger partial charge is 0.165 e. The molecular formula is C17H20FNO2. The Morgan fingerprint density at radius 2 is 1.90 bits per heavy atom. The number of para-hydroxylation sites is 1. The summed E-state index contributed by atoms with van der Waals surface area (Å²) in [5, 5.41) is 3.27. The zero-order valence-electron chi connectivity index (χ0n) is 12.4. The Balaban J connectivity index is 2.12. The van der Waals surface area contributed by atoms with Crippen molar-refractivity contribution in [3.05, 3.63) is 59.4 Å². The van der Waals surface area contributed by atoms with Gasteiger partial charge in [-0.2, -0.15) is 0 Å². The zero-order chi connectivity index (χ0) is 15.1. The van der Waals surface area contributed by atoms with Gasteiger partial charge in [0.2, 0.25) is 0 Å². The minimum absolute atomic E-state index is 0.247. The second kappa shape index (κ2) is 7.64. The van der Waals surface area contributed by atoms with Gasteiger partial charge in [-0.1, -0.05) is 25.1 Å². The van der Waals surface area contributed by atoms with Crippen LogP contribution in [-0.4, -0.2) is 13.7 Å². The first-order valence-electron chi connectivity index (χ1n) is 6.98. The van der Waals surface area contributed by atoms with Crippen LogP contribution in [0, 0.1) is 5.82 Å². The van der Waals surface area contributed by atoms with E-state index in [9.17, 15) is 4.39 Å². The van der Waals surface area contributed by atoms with E-state index < -0.39 is 0 Å². The van der Waals surface area contributed by atoms with E-state index in [-0.39, 0.29) is 18.2 Å². The standard InChI is InChI=1S/C17H20FNO2/c1-3-19-11-13-8-9-16(20-2)14(10-13)12-21-17-7-5-4-6-15(17)18/h4-10,19H,3,11-12H2,1-2H3. The van der Waals surface area contributed by atoms with E-state index in [1.54, 1.807) is 25.3 Å². The number of ether oxygens (including phenoxy) is 2. The molecule has 2 rings (SSSR count). The van der Waals surface area contributed by atoms with Gasteiger partial charge in [0.05, 0.1) is 7.11 Å². The summed E-state index contributed by atoms with van der Waals surface area (Å²) in [5.74, 6) is 0.628. The molecule has 0 heterocycles. The number of hydrogen-bond acceptors (Lipinski definition) is 3. The number of halogens is 1. The summed E-state index contributed by atoms with van der Waals surface area (Å²) in [6.45, 7) is 4.02. The van der Waals surface area contributed by atoms with Crippen LogP contribution in [0.5, 0.6) is 11.5 Å². The average Bonchev–Trinajstić information content (AvgIpc) is 2.52. The molecule has 0 aliphatic heterocycles. The number of hydrogen-bond donors (Lipinski definition) is 1. The second-order valence-electron chi connectivity index (χ2n) is 4.65. The van der Waals surface area contributed by atoms with Crippen molar-refractivity contribution in [3.63, 3.8) is 0 Å². The Bertz CT molecular complexity index is 587. The molecule has 0 unspecified atom stereocenters. The second-order valence-corrected chi connectivity index (χ2v) is 4.65. The number of rotatable bonds is 7. The van der Waals surface area contributed by atoms with E-state index in [0.717, 1.165) is 30.0 Å². The average molecular weight is 289 g/mol. The van der Waals surface area contributed by atoms with Crippen molar-refractivity contribution >= 4 is 0 Å². The van der Waals surface area contributed by atoms with Crippen LogP contribution in [0.25, 0.3) is 0 Å². The van der Waals surface area contributed by atoms with Crippen LogP contribution in [-0.2, 0) is 13.2 Å². The van der Waals surface area contributed by atoms with Crippen molar-refractivity contribution in [1.29, 1.82) is 0 Å². The topological polar surface area (TPSA) is 30.5 Å². The molecule has 21 heavy (non-hydrogen) atoms. The summed E-state index contributed by atoms with van der Waals surface area (Å²) in [5.41, 5.74) is 2.04. The first-order chi connectivity index (χ1) is 10.2. The van der Waals surface area contributed by atoms with Gasteiger partial charge >= 0.3 is 0 Å². The SMILES string of the molecule is CCNCc1ccc(OC)c(COc2ccccc2F)c1. The third-order valence-corrected chi connectivity index (χ3v) is 3.14. The maximum absolute atomic E-state index is 13.6. The van der Waals surface area contributed by atoms with E-state index >= 15 is 0 Å². The van der Waals surface area contributed by atoms with Crippen molar-refractivity contribution in [3.8, 4) is 11.5 Å². The van der Waals surface area contributed by atoms with Crippen LogP contribution in [0.2, 0.25) is 0 Å². The van der Waals surface area contributed by atoms with E-state index in [1.165, 1.54) is 6.07 Å². The first kappa shape index (κ1) is 15.3. The number of benzene rings is 2. The lowest BCUT2D eigenvalue weighted by atomic mass is 10.1. The van der Waals surface area contributed by atoms with E-state index in [0.29, 0.717) is 0 Å². The summed E-state index contributed by atoms with van der Waals surface area (Å²) in [6, 6.07) is 12.3. The largest absolute Gasteiger partial charge is 0.496 e. The Labute approximate surface area is 124 Å². The number of nitrogens with one attached hydrogen (secondary N) is 1. The molecule has 0 aliphatic rings. The fraction of sp³-hybridized carbons (Fsp3) is 0.294. The van der Waals surface area contributed by atoms with Gasteiger partial charge in [-0.3, -0.25) is 0 Å². The molecule has 0 bridgehead atoms. The molecule has 0 fully saturated rings. The zero-order valence-corrected chi connectivity index (χ0v) is 12.4. The van der Waals surface area contributed by atoms with Gasteiger partial charge in [0.25, 0.3) is 0 Å². The van der Waals surface area contributed by atoms with Crippen LogP contribution in [0.1, 0.15) is 18.1 Å². The normalized spacial score (nSPS) is 10.4. The highest BCUT2D eigenvalue weighted by molar-refractivity contribution is 5.37. The van der Waals surface area contributed by atoms with Gasteiger partial charge in [0.15, 0.2) is 11.6 Å². The quantitative estimate of drug-likeness (QED) is 0.846. The molecule has 3 nitrogen and oxygen atoms in total. The predicted octanol–water partition coefficient (Wildman–Crippen LogP) is 3.52. The molecule has 0 aromatic heterocycles. The fourth-order valence-electron chi connectivity index (χ4n) is 2.04. The number of methoxy groups -OCH3 is 1. The van der Waals surface area contributed by atoms with Crippen molar-refractivity contribution in [1.82, 2.24) is 5.32 Å². The molecule has 2 aromatic rings. The molecule has 0 saturated carbocycles. The lowest BCUT2D eigenvalue weighted by molar-refractivity contribution is 0.282. The van der Waals surface area contributed by atoms with Crippen molar-refractivity contribution in [2.75, 3.05) is 13.7 Å². The highest BCUT2D eigenvalue weighted by Crippen LogP contribution is 2.23. The maximum atomic E-state index is 13.6. The first-order valence-corrected chi connectivity index (χ1v) is 6.98. The molecule has 0 saturated heterocycles. The highest BCUT2D eigenvalue weighted by atomic mass is 19.1. The predicted molar refractivity (Wildman–Crippen MR) is 81.1 cm³/mol. The van der Waals surface area contributed by atoms with E-state index in [2.05, 4.69) is 12.2 Å². The van der Waals surface area contributed by atoms with Gasteiger partial charge in [-0.05, 0) is 36.4 Å². The van der Waals surface area contributed by atoms with Gasteiger partial charge in [0, 0.05) is 12.1 Å². The molecule has 1 N–H and O–H groups in total. The summed E-state index contributed by atoms with van der Waals surface area (Å²) < 4.78 is 24.4. The lowest BCUT2D eigenvalue weighted by Gasteiger charge is -2.12. The van der Waals surface area contributed by atoms with Crippen LogP contribution < -0.4 is 14.8 Å². The van der Waals surface area contributed by atoms with Crippen LogP contribution in [0.4, 0.5) is 4.39 Å². The lowest BCUT2D eigenvalue weighted by Crippen LogP contribution is -2.12. The van der Waals surface area contributed by atoms with E-state index in [1.807, 2.05) is 18.2 Å². The molecular weight excluding hydrogens is 269 g/mol.